The van der Waals surface area contributed by atoms with Crippen LogP contribution in [0.4, 0.5) is 0 Å². The number of likely N-dealkylation sites (N-methyl/N-ethyl adjacent to an activating group) is 1. The highest BCUT2D eigenvalue weighted by molar-refractivity contribution is 5.81. The monoisotopic (exact) mass is 425 g/mol. The fourth-order valence-electron chi connectivity index (χ4n) is 3.10. The Kier molecular flexibility index (Phi) is 7.48. The Labute approximate surface area is 181 Å². The van der Waals surface area contributed by atoms with E-state index in [2.05, 4.69) is 10.1 Å². The number of ether oxygens (including phenoxy) is 3. The number of carbonyl (C=O) groups excluding carboxylic acids is 1. The van der Waals surface area contributed by atoms with E-state index in [1.807, 2.05) is 50.2 Å². The van der Waals surface area contributed by atoms with Gasteiger partial charge in [0, 0.05) is 12.1 Å². The van der Waals surface area contributed by atoms with E-state index in [1.165, 1.54) is 0 Å². The number of para-hydroxylation sites is 1. The Bertz CT molecular complexity index is 990. The lowest BCUT2D eigenvalue weighted by Crippen LogP contribution is -2.41. The zero-order valence-corrected chi connectivity index (χ0v) is 18.2. The first kappa shape index (κ1) is 22.1. The van der Waals surface area contributed by atoms with Gasteiger partial charge in [0.25, 0.3) is 5.91 Å². The first-order chi connectivity index (χ1) is 15.1. The van der Waals surface area contributed by atoms with Gasteiger partial charge in [-0.15, -0.1) is 0 Å². The minimum absolute atomic E-state index is 0.125. The molecule has 0 aliphatic carbocycles. The summed E-state index contributed by atoms with van der Waals surface area (Å²) in [6, 6.07) is 14.7. The fraction of sp³-hybridized carbons (Fsp3) is 0.348. The first-order valence-electron chi connectivity index (χ1n) is 10.1. The SMILES string of the molecule is CC[C@@H](Oc1ccccc1)C(=O)N(CC)Cc1nc(-c2ccc(OC)c(OC)c2)no1. The van der Waals surface area contributed by atoms with Crippen molar-refractivity contribution in [3.05, 3.63) is 54.4 Å². The summed E-state index contributed by atoms with van der Waals surface area (Å²) in [6.45, 7) is 4.51. The van der Waals surface area contributed by atoms with Crippen LogP contribution in [0.5, 0.6) is 17.2 Å². The van der Waals surface area contributed by atoms with E-state index in [0.29, 0.717) is 41.9 Å². The summed E-state index contributed by atoms with van der Waals surface area (Å²) in [6.07, 6.45) is -0.0408. The lowest BCUT2D eigenvalue weighted by Gasteiger charge is -2.25. The Morgan fingerprint density at radius 2 is 1.81 bits per heavy atom. The minimum atomic E-state index is -0.587. The first-order valence-corrected chi connectivity index (χ1v) is 10.1. The Hall–Kier alpha value is -3.55. The van der Waals surface area contributed by atoms with Gasteiger partial charge in [-0.05, 0) is 43.7 Å². The van der Waals surface area contributed by atoms with Crippen LogP contribution >= 0.6 is 0 Å². The number of rotatable bonds is 10. The van der Waals surface area contributed by atoms with Crippen LogP contribution in [-0.2, 0) is 11.3 Å². The Balaban J connectivity index is 1.72. The van der Waals surface area contributed by atoms with Crippen molar-refractivity contribution in [2.24, 2.45) is 0 Å². The van der Waals surface area contributed by atoms with E-state index in [4.69, 9.17) is 18.7 Å². The molecule has 0 unspecified atom stereocenters. The molecule has 3 aromatic rings. The maximum atomic E-state index is 13.0. The number of hydrogen-bond acceptors (Lipinski definition) is 7. The molecular formula is C23H27N3O5. The van der Waals surface area contributed by atoms with Crippen molar-refractivity contribution < 1.29 is 23.5 Å². The highest BCUT2D eigenvalue weighted by Gasteiger charge is 2.25. The van der Waals surface area contributed by atoms with Crippen LogP contribution in [0, 0.1) is 0 Å². The van der Waals surface area contributed by atoms with Crippen molar-refractivity contribution in [2.45, 2.75) is 32.9 Å². The van der Waals surface area contributed by atoms with Crippen molar-refractivity contribution in [2.75, 3.05) is 20.8 Å². The maximum absolute atomic E-state index is 13.0. The zero-order valence-electron chi connectivity index (χ0n) is 18.2. The molecule has 31 heavy (non-hydrogen) atoms. The molecule has 0 spiro atoms. The van der Waals surface area contributed by atoms with Crippen LogP contribution in [0.25, 0.3) is 11.4 Å². The van der Waals surface area contributed by atoms with Crippen LogP contribution in [0.3, 0.4) is 0 Å². The number of nitrogens with zero attached hydrogens (tertiary/aromatic N) is 3. The van der Waals surface area contributed by atoms with Gasteiger partial charge in [0.05, 0.1) is 14.2 Å². The molecule has 8 heteroatoms. The standard InChI is InChI=1S/C23H27N3O5/c1-5-18(30-17-10-8-7-9-11-17)23(27)26(6-2)15-21-24-22(25-31-21)16-12-13-19(28-3)20(14-16)29-4/h7-14,18H,5-6,15H2,1-4H3/t18-/m1/s1. The fourth-order valence-corrected chi connectivity index (χ4v) is 3.10. The topological polar surface area (TPSA) is 86.9 Å². The van der Waals surface area contributed by atoms with Crippen LogP contribution in [-0.4, -0.2) is 47.8 Å². The van der Waals surface area contributed by atoms with E-state index < -0.39 is 6.10 Å². The number of amides is 1. The van der Waals surface area contributed by atoms with Gasteiger partial charge in [-0.2, -0.15) is 4.98 Å². The largest absolute Gasteiger partial charge is 0.493 e. The molecule has 0 radical (unpaired) electrons. The van der Waals surface area contributed by atoms with Gasteiger partial charge in [0.2, 0.25) is 11.7 Å². The van der Waals surface area contributed by atoms with E-state index >= 15 is 0 Å². The lowest BCUT2D eigenvalue weighted by atomic mass is 10.2. The highest BCUT2D eigenvalue weighted by Crippen LogP contribution is 2.31. The molecule has 1 atom stereocenters. The van der Waals surface area contributed by atoms with Crippen molar-refractivity contribution in [3.8, 4) is 28.6 Å². The van der Waals surface area contributed by atoms with Gasteiger partial charge in [0.15, 0.2) is 17.6 Å². The molecule has 3 rings (SSSR count). The Morgan fingerprint density at radius 3 is 2.45 bits per heavy atom. The average Bonchev–Trinajstić information content (AvgIpc) is 3.29. The third kappa shape index (κ3) is 5.33. The van der Waals surface area contributed by atoms with Crippen molar-refractivity contribution in [3.63, 3.8) is 0 Å². The van der Waals surface area contributed by atoms with Crippen LogP contribution in [0.15, 0.2) is 53.1 Å². The number of methoxy groups -OCH3 is 2. The highest BCUT2D eigenvalue weighted by atomic mass is 16.5. The van der Waals surface area contributed by atoms with Gasteiger partial charge < -0.3 is 23.6 Å². The minimum Gasteiger partial charge on any atom is -0.493 e. The molecule has 0 N–H and O–H groups in total. The van der Waals surface area contributed by atoms with Gasteiger partial charge in [-0.25, -0.2) is 0 Å². The van der Waals surface area contributed by atoms with Gasteiger partial charge >= 0.3 is 0 Å². The normalized spacial score (nSPS) is 11.6. The second-order valence-corrected chi connectivity index (χ2v) is 6.76. The van der Waals surface area contributed by atoms with Crippen LogP contribution < -0.4 is 14.2 Å². The van der Waals surface area contributed by atoms with Crippen molar-refractivity contribution >= 4 is 5.91 Å². The van der Waals surface area contributed by atoms with Gasteiger partial charge in [0.1, 0.15) is 12.3 Å². The summed E-state index contributed by atoms with van der Waals surface area (Å²) in [5.41, 5.74) is 0.723. The smallest absolute Gasteiger partial charge is 0.264 e. The molecule has 0 aliphatic rings. The molecule has 1 heterocycles. The Morgan fingerprint density at radius 1 is 1.06 bits per heavy atom. The summed E-state index contributed by atoms with van der Waals surface area (Å²) in [7, 11) is 3.14. The molecule has 2 aromatic carbocycles. The van der Waals surface area contributed by atoms with E-state index in [1.54, 1.807) is 31.3 Å². The number of hydrogen-bond donors (Lipinski definition) is 0. The van der Waals surface area contributed by atoms with E-state index in [9.17, 15) is 4.79 Å². The number of benzene rings is 2. The number of carbonyl (C=O) groups is 1. The van der Waals surface area contributed by atoms with E-state index in [0.717, 1.165) is 5.56 Å². The van der Waals surface area contributed by atoms with Crippen molar-refractivity contribution in [1.29, 1.82) is 0 Å². The van der Waals surface area contributed by atoms with Crippen LogP contribution in [0.1, 0.15) is 26.2 Å². The molecule has 1 amide bonds. The molecule has 1 aromatic heterocycles. The zero-order chi connectivity index (χ0) is 22.2. The quantitative estimate of drug-likeness (QED) is 0.486. The maximum Gasteiger partial charge on any atom is 0.264 e. The molecule has 8 nitrogen and oxygen atoms in total. The lowest BCUT2D eigenvalue weighted by molar-refractivity contribution is -0.139. The summed E-state index contributed by atoms with van der Waals surface area (Å²) < 4.78 is 21.9. The third-order valence-electron chi connectivity index (χ3n) is 4.80. The summed E-state index contributed by atoms with van der Waals surface area (Å²) in [4.78, 5) is 19.1. The second kappa shape index (κ2) is 10.5. The summed E-state index contributed by atoms with van der Waals surface area (Å²) >= 11 is 0. The van der Waals surface area contributed by atoms with Gasteiger partial charge in [-0.3, -0.25) is 4.79 Å². The molecule has 0 saturated heterocycles. The molecular weight excluding hydrogens is 398 g/mol. The number of aromatic nitrogens is 2. The predicted octanol–water partition coefficient (Wildman–Crippen LogP) is 3.96. The average molecular weight is 425 g/mol. The molecule has 0 aliphatic heterocycles. The predicted molar refractivity (Wildman–Crippen MR) is 115 cm³/mol. The second-order valence-electron chi connectivity index (χ2n) is 6.76. The van der Waals surface area contributed by atoms with Crippen LogP contribution in [0.2, 0.25) is 0 Å². The molecule has 0 saturated carbocycles. The molecule has 0 bridgehead atoms. The third-order valence-corrected chi connectivity index (χ3v) is 4.80. The summed E-state index contributed by atoms with van der Waals surface area (Å²) in [5, 5.41) is 4.05. The summed E-state index contributed by atoms with van der Waals surface area (Å²) in [5.74, 6) is 2.47. The van der Waals surface area contributed by atoms with E-state index in [-0.39, 0.29) is 12.5 Å². The molecule has 164 valence electrons. The molecule has 0 fully saturated rings. The van der Waals surface area contributed by atoms with Crippen molar-refractivity contribution in [1.82, 2.24) is 15.0 Å². The van der Waals surface area contributed by atoms with Gasteiger partial charge in [-0.1, -0.05) is 30.3 Å².